The second-order valence-electron chi connectivity index (χ2n) is 6.30. The first-order chi connectivity index (χ1) is 12.8. The number of nitrogens with zero attached hydrogens (tertiary/aromatic N) is 3. The number of halogens is 2. The number of anilines is 2. The van der Waals surface area contributed by atoms with Gasteiger partial charge in [-0.3, -0.25) is 10.4 Å². The van der Waals surface area contributed by atoms with Crippen molar-refractivity contribution in [2.45, 2.75) is 5.92 Å². The van der Waals surface area contributed by atoms with Crippen LogP contribution in [0.4, 0.5) is 20.3 Å². The van der Waals surface area contributed by atoms with Crippen molar-refractivity contribution in [3.8, 4) is 0 Å². The van der Waals surface area contributed by atoms with Gasteiger partial charge in [-0.1, -0.05) is 6.07 Å². The number of alkyl halides is 2. The molecule has 1 fully saturated rings. The molecule has 0 saturated carbocycles. The average Bonchev–Trinajstić information content (AvgIpc) is 2.64. The van der Waals surface area contributed by atoms with Gasteiger partial charge in [0.15, 0.2) is 0 Å². The summed E-state index contributed by atoms with van der Waals surface area (Å²) in [5.41, 5.74) is 14.9. The van der Waals surface area contributed by atoms with Gasteiger partial charge in [0.25, 0.3) is 5.92 Å². The lowest BCUT2D eigenvalue weighted by Gasteiger charge is -2.39. The fraction of sp³-hybridized carbons (Fsp3) is 0.211. The van der Waals surface area contributed by atoms with Gasteiger partial charge in [0, 0.05) is 48.0 Å². The monoisotopic (exact) mass is 370 g/mol. The molecule has 1 aliphatic heterocycles. The van der Waals surface area contributed by atoms with Crippen LogP contribution in [0.15, 0.2) is 47.7 Å². The van der Waals surface area contributed by atoms with Crippen molar-refractivity contribution in [1.82, 2.24) is 4.98 Å². The molecule has 1 aliphatic rings. The minimum absolute atomic E-state index is 0.176. The number of nitrogen functional groups attached to an aromatic ring is 1. The van der Waals surface area contributed by atoms with Gasteiger partial charge < -0.3 is 16.4 Å². The second kappa shape index (κ2) is 7.14. The summed E-state index contributed by atoms with van der Waals surface area (Å²) in [4.78, 5) is 9.57. The third-order valence-corrected chi connectivity index (χ3v) is 4.31. The van der Waals surface area contributed by atoms with Crippen molar-refractivity contribution in [1.29, 1.82) is 5.41 Å². The fourth-order valence-electron chi connectivity index (χ4n) is 2.88. The van der Waals surface area contributed by atoms with Gasteiger partial charge in [-0.15, -0.1) is 0 Å². The number of aliphatic imine (C=N–C) groups is 1. The highest BCUT2D eigenvalue weighted by Gasteiger charge is 2.44. The van der Waals surface area contributed by atoms with Crippen molar-refractivity contribution < 1.29 is 8.78 Å². The third-order valence-electron chi connectivity index (χ3n) is 4.31. The average molecular weight is 370 g/mol. The van der Waals surface area contributed by atoms with Gasteiger partial charge >= 0.3 is 0 Å². The molecule has 1 aromatic heterocycles. The number of pyridine rings is 1. The molecular weight excluding hydrogens is 350 g/mol. The number of hydrogen-bond donors (Lipinski definition) is 3. The molecule has 6 nitrogen and oxygen atoms in total. The van der Waals surface area contributed by atoms with Crippen LogP contribution >= 0.6 is 0 Å². The van der Waals surface area contributed by atoms with Crippen LogP contribution in [0.1, 0.15) is 16.7 Å². The van der Waals surface area contributed by atoms with Crippen molar-refractivity contribution in [2.24, 2.45) is 10.7 Å². The van der Waals surface area contributed by atoms with E-state index in [0.29, 0.717) is 28.2 Å². The fourth-order valence-corrected chi connectivity index (χ4v) is 2.88. The van der Waals surface area contributed by atoms with E-state index in [1.165, 1.54) is 17.3 Å². The predicted molar refractivity (Wildman–Crippen MR) is 105 cm³/mol. The second-order valence-corrected chi connectivity index (χ2v) is 6.30. The molecule has 1 aromatic carbocycles. The Kier molecular flexibility index (Phi) is 4.89. The van der Waals surface area contributed by atoms with Crippen LogP contribution in [0.3, 0.4) is 0 Å². The summed E-state index contributed by atoms with van der Waals surface area (Å²) < 4.78 is 26.2. The highest BCUT2D eigenvalue weighted by Crippen LogP contribution is 2.31. The van der Waals surface area contributed by atoms with E-state index in [1.807, 2.05) is 0 Å². The van der Waals surface area contributed by atoms with Crippen LogP contribution < -0.4 is 16.4 Å². The SMILES string of the molecule is CN=CC(=CN)c1ccc(N)c(C(=N)c2ccnc(N3CC(F)(F)C3)c2)c1. The van der Waals surface area contributed by atoms with E-state index in [4.69, 9.17) is 16.9 Å². The van der Waals surface area contributed by atoms with Crippen LogP contribution in [0.2, 0.25) is 0 Å². The van der Waals surface area contributed by atoms with Gasteiger partial charge in [0.1, 0.15) is 5.82 Å². The lowest BCUT2D eigenvalue weighted by Crippen LogP contribution is -2.56. The number of hydrogen-bond acceptors (Lipinski definition) is 6. The van der Waals surface area contributed by atoms with Crippen LogP contribution in [0.25, 0.3) is 5.57 Å². The Bertz CT molecular complexity index is 928. The maximum absolute atomic E-state index is 13.1. The molecule has 0 spiro atoms. The zero-order valence-corrected chi connectivity index (χ0v) is 14.8. The molecule has 3 rings (SSSR count). The number of allylic oxidation sites excluding steroid dienone is 1. The predicted octanol–water partition coefficient (Wildman–Crippen LogP) is 2.54. The van der Waals surface area contributed by atoms with Crippen molar-refractivity contribution in [3.63, 3.8) is 0 Å². The molecule has 27 heavy (non-hydrogen) atoms. The number of nitrogens with two attached hydrogens (primary N) is 2. The summed E-state index contributed by atoms with van der Waals surface area (Å²) in [5.74, 6) is -2.27. The Morgan fingerprint density at radius 1 is 1.26 bits per heavy atom. The lowest BCUT2D eigenvalue weighted by atomic mass is 9.96. The molecule has 2 aromatic rings. The van der Waals surface area contributed by atoms with Gasteiger partial charge in [0.05, 0.1) is 18.8 Å². The van der Waals surface area contributed by atoms with Gasteiger partial charge in [0.2, 0.25) is 0 Å². The van der Waals surface area contributed by atoms with Crippen molar-refractivity contribution in [2.75, 3.05) is 30.8 Å². The largest absolute Gasteiger partial charge is 0.404 e. The van der Waals surface area contributed by atoms with Crippen LogP contribution in [0.5, 0.6) is 0 Å². The highest BCUT2D eigenvalue weighted by molar-refractivity contribution is 6.16. The van der Waals surface area contributed by atoms with E-state index in [-0.39, 0.29) is 18.8 Å². The molecule has 2 heterocycles. The Balaban J connectivity index is 1.92. The molecule has 140 valence electrons. The van der Waals surface area contributed by atoms with E-state index in [9.17, 15) is 8.78 Å². The summed E-state index contributed by atoms with van der Waals surface area (Å²) in [6.07, 6.45) is 4.55. The molecule has 0 radical (unpaired) electrons. The van der Waals surface area contributed by atoms with E-state index in [0.717, 1.165) is 5.56 Å². The van der Waals surface area contributed by atoms with E-state index in [1.54, 1.807) is 43.6 Å². The number of benzene rings is 1. The van der Waals surface area contributed by atoms with Crippen LogP contribution in [-0.4, -0.2) is 43.0 Å². The van der Waals surface area contributed by atoms with Gasteiger partial charge in [-0.2, -0.15) is 0 Å². The minimum atomic E-state index is -2.68. The summed E-state index contributed by atoms with van der Waals surface area (Å²) in [6, 6.07) is 8.53. The number of aromatic nitrogens is 1. The quantitative estimate of drug-likeness (QED) is 0.556. The molecule has 5 N–H and O–H groups in total. The number of rotatable bonds is 5. The Morgan fingerprint density at radius 2 is 2.00 bits per heavy atom. The zero-order valence-electron chi connectivity index (χ0n) is 14.8. The summed E-state index contributed by atoms with van der Waals surface area (Å²) in [5, 5.41) is 8.54. The smallest absolute Gasteiger partial charge is 0.282 e. The van der Waals surface area contributed by atoms with Crippen LogP contribution in [-0.2, 0) is 0 Å². The first-order valence-corrected chi connectivity index (χ1v) is 8.27. The van der Waals surface area contributed by atoms with E-state index in [2.05, 4.69) is 9.98 Å². The first-order valence-electron chi connectivity index (χ1n) is 8.27. The summed E-state index contributed by atoms with van der Waals surface area (Å²) in [6.45, 7) is -0.731. The highest BCUT2D eigenvalue weighted by atomic mass is 19.3. The third kappa shape index (κ3) is 3.79. The minimum Gasteiger partial charge on any atom is -0.404 e. The molecule has 1 saturated heterocycles. The van der Waals surface area contributed by atoms with Crippen molar-refractivity contribution in [3.05, 3.63) is 59.4 Å². The molecule has 8 heteroatoms. The first kappa shape index (κ1) is 18.5. The molecular formula is C19H20F2N6. The van der Waals surface area contributed by atoms with Crippen molar-refractivity contribution >= 4 is 29.0 Å². The topological polar surface area (TPSA) is 104 Å². The molecule has 0 atom stereocenters. The Morgan fingerprint density at radius 3 is 2.63 bits per heavy atom. The Hall–Kier alpha value is -3.29. The summed E-state index contributed by atoms with van der Waals surface area (Å²) >= 11 is 0. The Labute approximate surface area is 155 Å². The molecule has 0 amide bonds. The van der Waals surface area contributed by atoms with Gasteiger partial charge in [-0.25, -0.2) is 13.8 Å². The molecule has 0 unspecified atom stereocenters. The van der Waals surface area contributed by atoms with Gasteiger partial charge in [-0.05, 0) is 29.8 Å². The maximum atomic E-state index is 13.1. The zero-order chi connectivity index (χ0) is 19.6. The summed E-state index contributed by atoms with van der Waals surface area (Å²) in [7, 11) is 1.64. The molecule has 0 bridgehead atoms. The van der Waals surface area contributed by atoms with Crippen LogP contribution in [0, 0.1) is 5.41 Å². The lowest BCUT2D eigenvalue weighted by molar-refractivity contribution is -0.0267. The molecule has 0 aliphatic carbocycles. The van der Waals surface area contributed by atoms with E-state index >= 15 is 0 Å². The standard InChI is InChI=1S/C19H20F2N6/c1-25-9-14(8-22)12-2-3-16(23)15(6-12)18(24)13-4-5-26-17(7-13)27-10-19(20,21)11-27/h2-9,24H,10-11,22-23H2,1H3. The number of nitrogens with one attached hydrogen (secondary N) is 1. The normalized spacial score (nSPS) is 16.4. The maximum Gasteiger partial charge on any atom is 0.282 e. The van der Waals surface area contributed by atoms with E-state index < -0.39 is 5.92 Å².